The van der Waals surface area contributed by atoms with Crippen molar-refractivity contribution >= 4 is 11.6 Å². The lowest BCUT2D eigenvalue weighted by Gasteiger charge is -2.18. The van der Waals surface area contributed by atoms with Crippen molar-refractivity contribution in [1.29, 1.82) is 0 Å². The van der Waals surface area contributed by atoms with Crippen molar-refractivity contribution < 1.29 is 4.79 Å². The van der Waals surface area contributed by atoms with Gasteiger partial charge in [-0.25, -0.2) is 4.98 Å². The number of rotatable bonds is 6. The van der Waals surface area contributed by atoms with Crippen LogP contribution in [0.15, 0.2) is 43.0 Å². The predicted molar refractivity (Wildman–Crippen MR) is 84.2 cm³/mol. The molecule has 0 spiro atoms. The zero-order valence-electron chi connectivity index (χ0n) is 12.5. The van der Waals surface area contributed by atoms with E-state index in [9.17, 15) is 4.79 Å². The molecule has 0 fully saturated rings. The minimum atomic E-state index is -0.166. The number of hydrogen-bond donors (Lipinski definition) is 2. The van der Waals surface area contributed by atoms with Gasteiger partial charge in [-0.15, -0.1) is 0 Å². The lowest BCUT2D eigenvalue weighted by Crippen LogP contribution is -2.30. The first-order valence-corrected chi connectivity index (χ1v) is 7.20. The summed E-state index contributed by atoms with van der Waals surface area (Å²) in [5, 5.41) is 2.99. The Morgan fingerprint density at radius 1 is 1.38 bits per heavy atom. The first-order valence-electron chi connectivity index (χ1n) is 7.20. The van der Waals surface area contributed by atoms with E-state index in [1.165, 1.54) is 0 Å². The SMILES string of the molecule is CC(C)CC(CN)C(=O)Nc1ccccc1-n1ccnc1. The Kier molecular flexibility index (Phi) is 5.11. The number of amides is 1. The quantitative estimate of drug-likeness (QED) is 0.856. The Morgan fingerprint density at radius 3 is 2.76 bits per heavy atom. The lowest BCUT2D eigenvalue weighted by atomic mass is 9.96. The normalized spacial score (nSPS) is 12.4. The molecule has 0 saturated heterocycles. The van der Waals surface area contributed by atoms with Crippen molar-refractivity contribution in [2.24, 2.45) is 17.6 Å². The van der Waals surface area contributed by atoms with E-state index in [1.807, 2.05) is 35.0 Å². The second kappa shape index (κ2) is 7.04. The molecular weight excluding hydrogens is 264 g/mol. The number of carbonyl (C=O) groups excluding carboxylic acids is 1. The molecule has 0 radical (unpaired) electrons. The largest absolute Gasteiger partial charge is 0.330 e. The summed E-state index contributed by atoms with van der Waals surface area (Å²) in [7, 11) is 0. The highest BCUT2D eigenvalue weighted by Crippen LogP contribution is 2.21. The van der Waals surface area contributed by atoms with E-state index >= 15 is 0 Å². The predicted octanol–water partition coefficient (Wildman–Crippen LogP) is 2.43. The summed E-state index contributed by atoms with van der Waals surface area (Å²) in [5.74, 6) is 0.243. The summed E-state index contributed by atoms with van der Waals surface area (Å²) < 4.78 is 1.87. The van der Waals surface area contributed by atoms with E-state index in [2.05, 4.69) is 24.1 Å². The summed E-state index contributed by atoms with van der Waals surface area (Å²) in [4.78, 5) is 16.4. The van der Waals surface area contributed by atoms with E-state index in [4.69, 9.17) is 5.73 Å². The first kappa shape index (κ1) is 15.3. The van der Waals surface area contributed by atoms with Crippen LogP contribution >= 0.6 is 0 Å². The first-order chi connectivity index (χ1) is 10.1. The third kappa shape index (κ3) is 3.92. The maximum absolute atomic E-state index is 12.4. The van der Waals surface area contributed by atoms with E-state index < -0.39 is 0 Å². The maximum Gasteiger partial charge on any atom is 0.228 e. The molecule has 21 heavy (non-hydrogen) atoms. The molecule has 1 aromatic heterocycles. The molecule has 0 aliphatic heterocycles. The number of nitrogens with one attached hydrogen (secondary N) is 1. The van der Waals surface area contributed by atoms with Crippen LogP contribution in [0.4, 0.5) is 5.69 Å². The van der Waals surface area contributed by atoms with E-state index in [0.717, 1.165) is 17.8 Å². The molecule has 1 aromatic carbocycles. The number of nitrogens with two attached hydrogens (primary N) is 1. The number of benzene rings is 1. The van der Waals surface area contributed by atoms with E-state index in [-0.39, 0.29) is 11.8 Å². The fourth-order valence-electron chi connectivity index (χ4n) is 2.32. The lowest BCUT2D eigenvalue weighted by molar-refractivity contribution is -0.120. The van der Waals surface area contributed by atoms with Gasteiger partial charge in [-0.3, -0.25) is 4.79 Å². The number of hydrogen-bond acceptors (Lipinski definition) is 3. The highest BCUT2D eigenvalue weighted by molar-refractivity contribution is 5.94. The van der Waals surface area contributed by atoms with Crippen molar-refractivity contribution in [2.45, 2.75) is 20.3 Å². The summed E-state index contributed by atoms with van der Waals surface area (Å²) in [5.41, 5.74) is 7.39. The van der Waals surface area contributed by atoms with Crippen LogP contribution in [0, 0.1) is 11.8 Å². The van der Waals surface area contributed by atoms with Gasteiger partial charge in [0.2, 0.25) is 5.91 Å². The second-order valence-corrected chi connectivity index (χ2v) is 5.54. The molecule has 5 heteroatoms. The summed E-state index contributed by atoms with van der Waals surface area (Å²) >= 11 is 0. The van der Waals surface area contributed by atoms with Crippen LogP contribution in [0.2, 0.25) is 0 Å². The van der Waals surface area contributed by atoms with E-state index in [1.54, 1.807) is 12.5 Å². The van der Waals surface area contributed by atoms with Crippen LogP contribution in [0.5, 0.6) is 0 Å². The highest BCUT2D eigenvalue weighted by atomic mass is 16.1. The topological polar surface area (TPSA) is 72.9 Å². The number of para-hydroxylation sites is 2. The molecular formula is C16H22N4O. The maximum atomic E-state index is 12.4. The monoisotopic (exact) mass is 286 g/mol. The van der Waals surface area contributed by atoms with Crippen LogP contribution in [0.25, 0.3) is 5.69 Å². The molecule has 2 aromatic rings. The average Bonchev–Trinajstić information content (AvgIpc) is 2.99. The van der Waals surface area contributed by atoms with Gasteiger partial charge in [-0.1, -0.05) is 26.0 Å². The molecule has 1 amide bonds. The van der Waals surface area contributed by atoms with Crippen molar-refractivity contribution in [3.05, 3.63) is 43.0 Å². The van der Waals surface area contributed by atoms with Gasteiger partial charge in [0.1, 0.15) is 0 Å². The van der Waals surface area contributed by atoms with Gasteiger partial charge in [0.05, 0.1) is 23.6 Å². The zero-order chi connectivity index (χ0) is 15.2. The number of nitrogens with zero attached hydrogens (tertiary/aromatic N) is 2. The minimum Gasteiger partial charge on any atom is -0.330 e. The fourth-order valence-corrected chi connectivity index (χ4v) is 2.32. The zero-order valence-corrected chi connectivity index (χ0v) is 12.5. The van der Waals surface area contributed by atoms with Gasteiger partial charge in [-0.2, -0.15) is 0 Å². The van der Waals surface area contributed by atoms with Gasteiger partial charge in [0.15, 0.2) is 0 Å². The number of imidazole rings is 1. The van der Waals surface area contributed by atoms with Gasteiger partial charge in [0.25, 0.3) is 0 Å². The van der Waals surface area contributed by atoms with Crippen molar-refractivity contribution in [3.63, 3.8) is 0 Å². The molecule has 0 aliphatic rings. The molecule has 1 atom stereocenters. The Morgan fingerprint density at radius 2 is 2.14 bits per heavy atom. The van der Waals surface area contributed by atoms with Crippen LogP contribution < -0.4 is 11.1 Å². The van der Waals surface area contributed by atoms with Crippen LogP contribution in [-0.2, 0) is 4.79 Å². The van der Waals surface area contributed by atoms with Crippen molar-refractivity contribution in [1.82, 2.24) is 9.55 Å². The standard InChI is InChI=1S/C16H22N4O/c1-12(2)9-13(10-17)16(21)19-14-5-3-4-6-15(14)20-8-7-18-11-20/h3-8,11-13H,9-10,17H2,1-2H3,(H,19,21). The van der Waals surface area contributed by atoms with Crippen LogP contribution in [0.1, 0.15) is 20.3 Å². The molecule has 112 valence electrons. The molecule has 2 rings (SSSR count). The van der Waals surface area contributed by atoms with Crippen molar-refractivity contribution in [3.8, 4) is 5.69 Å². The van der Waals surface area contributed by atoms with Crippen LogP contribution in [0.3, 0.4) is 0 Å². The Bertz CT molecular complexity index is 578. The number of aromatic nitrogens is 2. The van der Waals surface area contributed by atoms with Gasteiger partial charge < -0.3 is 15.6 Å². The third-order valence-corrected chi connectivity index (χ3v) is 3.36. The second-order valence-electron chi connectivity index (χ2n) is 5.54. The Hall–Kier alpha value is -2.14. The molecule has 0 bridgehead atoms. The van der Waals surface area contributed by atoms with Crippen LogP contribution in [-0.4, -0.2) is 22.0 Å². The molecule has 1 heterocycles. The number of anilines is 1. The third-order valence-electron chi connectivity index (χ3n) is 3.36. The molecule has 3 N–H and O–H groups in total. The minimum absolute atomic E-state index is 0.0289. The highest BCUT2D eigenvalue weighted by Gasteiger charge is 2.19. The molecule has 0 saturated carbocycles. The Balaban J connectivity index is 2.18. The van der Waals surface area contributed by atoms with E-state index in [0.29, 0.717) is 12.5 Å². The molecule has 5 nitrogen and oxygen atoms in total. The fraction of sp³-hybridized carbons (Fsp3) is 0.375. The summed E-state index contributed by atoms with van der Waals surface area (Å²) in [6, 6.07) is 7.66. The summed E-state index contributed by atoms with van der Waals surface area (Å²) in [6.07, 6.45) is 6.05. The molecule has 0 aliphatic carbocycles. The smallest absolute Gasteiger partial charge is 0.228 e. The number of carbonyl (C=O) groups is 1. The molecule has 1 unspecified atom stereocenters. The average molecular weight is 286 g/mol. The van der Waals surface area contributed by atoms with Crippen molar-refractivity contribution in [2.75, 3.05) is 11.9 Å². The van der Waals surface area contributed by atoms with Gasteiger partial charge in [-0.05, 0) is 24.5 Å². The van der Waals surface area contributed by atoms with Gasteiger partial charge >= 0.3 is 0 Å². The summed E-state index contributed by atoms with van der Waals surface area (Å²) in [6.45, 7) is 4.54. The Labute approximate surface area is 125 Å². The van der Waals surface area contributed by atoms with Gasteiger partial charge in [0, 0.05) is 18.9 Å².